The molecule has 0 fully saturated rings. The minimum Gasteiger partial charge on any atom is -0.319 e. The predicted molar refractivity (Wildman–Crippen MR) is 65.4 cm³/mol. The molecule has 0 aliphatic rings. The Kier molecular flexibility index (Phi) is 3.93. The number of aryl methyl sites for hydroxylation is 1. The molecule has 0 aromatic heterocycles. The van der Waals surface area contributed by atoms with Crippen molar-refractivity contribution in [3.8, 4) is 0 Å². The molecule has 0 radical (unpaired) electrons. The van der Waals surface area contributed by atoms with E-state index in [1.54, 1.807) is 6.92 Å². The van der Waals surface area contributed by atoms with Crippen LogP contribution in [0.2, 0.25) is 0 Å². The maximum atomic E-state index is 13.5. The lowest BCUT2D eigenvalue weighted by atomic mass is 10.1. The second-order valence-corrected chi connectivity index (χ2v) is 4.29. The van der Waals surface area contributed by atoms with Crippen molar-refractivity contribution in [3.05, 3.63) is 64.5 Å². The van der Waals surface area contributed by atoms with Crippen LogP contribution in [-0.2, 0) is 0 Å². The second-order valence-electron chi connectivity index (χ2n) is 4.29. The van der Waals surface area contributed by atoms with E-state index in [0.717, 1.165) is 6.07 Å². The summed E-state index contributed by atoms with van der Waals surface area (Å²) in [5.41, 5.74) is -0.780. The molecule has 0 unspecified atom stereocenters. The lowest BCUT2D eigenvalue weighted by molar-refractivity contribution is 0.102. The van der Waals surface area contributed by atoms with Crippen molar-refractivity contribution in [2.45, 2.75) is 6.92 Å². The van der Waals surface area contributed by atoms with E-state index in [4.69, 9.17) is 0 Å². The number of rotatable bonds is 2. The molecule has 0 spiro atoms. The molecule has 1 amide bonds. The molecule has 2 nitrogen and oxygen atoms in total. The van der Waals surface area contributed by atoms with Crippen molar-refractivity contribution in [3.63, 3.8) is 0 Å². The number of anilines is 1. The molecule has 21 heavy (non-hydrogen) atoms. The van der Waals surface area contributed by atoms with Gasteiger partial charge in [-0.2, -0.15) is 0 Å². The molecular weight excluding hydrogens is 293 g/mol. The van der Waals surface area contributed by atoms with Crippen molar-refractivity contribution >= 4 is 11.6 Å². The molecule has 0 saturated carbocycles. The van der Waals surface area contributed by atoms with E-state index in [2.05, 4.69) is 0 Å². The van der Waals surface area contributed by atoms with Crippen molar-refractivity contribution in [1.29, 1.82) is 0 Å². The highest BCUT2D eigenvalue weighted by Crippen LogP contribution is 2.21. The van der Waals surface area contributed by atoms with E-state index in [-0.39, 0.29) is 11.8 Å². The molecule has 0 saturated heterocycles. The van der Waals surface area contributed by atoms with Crippen molar-refractivity contribution in [2.24, 2.45) is 0 Å². The first-order valence-corrected chi connectivity index (χ1v) is 5.71. The number of carbonyl (C=O) groups is 1. The van der Waals surface area contributed by atoms with E-state index < -0.39 is 40.6 Å². The van der Waals surface area contributed by atoms with Crippen LogP contribution in [0.4, 0.5) is 27.6 Å². The molecular formula is C14H8F5NO. The fourth-order valence-electron chi connectivity index (χ4n) is 1.65. The normalized spacial score (nSPS) is 10.6. The Balaban J connectivity index is 2.37. The lowest BCUT2D eigenvalue weighted by Crippen LogP contribution is -2.17. The number of halogens is 5. The maximum absolute atomic E-state index is 13.5. The van der Waals surface area contributed by atoms with Gasteiger partial charge >= 0.3 is 0 Å². The summed E-state index contributed by atoms with van der Waals surface area (Å²) in [6, 6.07) is 3.99. The van der Waals surface area contributed by atoms with Gasteiger partial charge in [0, 0.05) is 0 Å². The van der Waals surface area contributed by atoms with Gasteiger partial charge in [0.05, 0.1) is 11.3 Å². The largest absolute Gasteiger partial charge is 0.319 e. The smallest absolute Gasteiger partial charge is 0.258 e. The molecule has 110 valence electrons. The summed E-state index contributed by atoms with van der Waals surface area (Å²) in [6.07, 6.45) is 0. The van der Waals surface area contributed by atoms with Crippen LogP contribution in [0, 0.1) is 36.0 Å². The van der Waals surface area contributed by atoms with Gasteiger partial charge in [0.1, 0.15) is 5.82 Å². The Morgan fingerprint density at radius 1 is 0.905 bits per heavy atom. The first-order chi connectivity index (χ1) is 9.81. The van der Waals surface area contributed by atoms with E-state index in [0.29, 0.717) is 5.56 Å². The monoisotopic (exact) mass is 301 g/mol. The van der Waals surface area contributed by atoms with E-state index in [1.165, 1.54) is 12.1 Å². The van der Waals surface area contributed by atoms with E-state index in [1.807, 2.05) is 5.32 Å². The standard InChI is InChI=1S/C14H8F5NO/c1-6-2-3-10(8(15)4-6)20-14(21)7-5-9(16)12(18)13(19)11(7)17/h2-5H,1H3,(H,20,21). The summed E-state index contributed by atoms with van der Waals surface area (Å²) in [4.78, 5) is 11.7. The van der Waals surface area contributed by atoms with Gasteiger partial charge in [-0.3, -0.25) is 4.79 Å². The first-order valence-electron chi connectivity index (χ1n) is 5.71. The Bertz CT molecular complexity index is 730. The van der Waals surface area contributed by atoms with Gasteiger partial charge in [-0.1, -0.05) is 6.07 Å². The zero-order chi connectivity index (χ0) is 15.7. The average molecular weight is 301 g/mol. The van der Waals surface area contributed by atoms with E-state index in [9.17, 15) is 26.7 Å². The number of carbonyl (C=O) groups excluding carboxylic acids is 1. The zero-order valence-electron chi connectivity index (χ0n) is 10.6. The fourth-order valence-corrected chi connectivity index (χ4v) is 1.65. The predicted octanol–water partition coefficient (Wildman–Crippen LogP) is 3.94. The Morgan fingerprint density at radius 2 is 1.57 bits per heavy atom. The molecule has 0 heterocycles. The van der Waals surface area contributed by atoms with Gasteiger partial charge in [-0.15, -0.1) is 0 Å². The summed E-state index contributed by atoms with van der Waals surface area (Å²) in [5.74, 6) is -9.79. The van der Waals surface area contributed by atoms with E-state index >= 15 is 0 Å². The maximum Gasteiger partial charge on any atom is 0.258 e. The average Bonchev–Trinajstić information content (AvgIpc) is 2.43. The van der Waals surface area contributed by atoms with Crippen molar-refractivity contribution in [1.82, 2.24) is 0 Å². The zero-order valence-corrected chi connectivity index (χ0v) is 10.6. The highest BCUT2D eigenvalue weighted by Gasteiger charge is 2.23. The second kappa shape index (κ2) is 5.51. The minimum atomic E-state index is -2.11. The van der Waals surface area contributed by atoms with Gasteiger partial charge in [0.15, 0.2) is 23.3 Å². The molecule has 2 aromatic rings. The third-order valence-electron chi connectivity index (χ3n) is 2.72. The van der Waals surface area contributed by atoms with Crippen LogP contribution < -0.4 is 5.32 Å². The van der Waals surface area contributed by atoms with Gasteiger partial charge < -0.3 is 5.32 Å². The summed E-state index contributed by atoms with van der Waals surface area (Å²) >= 11 is 0. The topological polar surface area (TPSA) is 29.1 Å². The van der Waals surface area contributed by atoms with Crippen LogP contribution in [0.25, 0.3) is 0 Å². The number of nitrogens with one attached hydrogen (secondary N) is 1. The molecule has 2 rings (SSSR count). The first kappa shape index (κ1) is 15.0. The molecule has 0 bridgehead atoms. The molecule has 1 N–H and O–H groups in total. The molecule has 0 aliphatic carbocycles. The van der Waals surface area contributed by atoms with Gasteiger partial charge in [-0.05, 0) is 30.7 Å². The Labute approximate surface area is 116 Å². The Hall–Kier alpha value is -2.44. The third-order valence-corrected chi connectivity index (χ3v) is 2.72. The highest BCUT2D eigenvalue weighted by atomic mass is 19.2. The van der Waals surface area contributed by atoms with Gasteiger partial charge in [0.25, 0.3) is 5.91 Å². The quantitative estimate of drug-likeness (QED) is 0.508. The highest BCUT2D eigenvalue weighted by molar-refractivity contribution is 6.04. The molecule has 0 atom stereocenters. The van der Waals surface area contributed by atoms with Crippen LogP contribution in [0.15, 0.2) is 24.3 Å². The summed E-state index contributed by atoms with van der Waals surface area (Å²) in [6.45, 7) is 1.61. The van der Waals surface area contributed by atoms with Crippen LogP contribution in [-0.4, -0.2) is 5.91 Å². The van der Waals surface area contributed by atoms with Gasteiger partial charge in [0.2, 0.25) is 0 Å². The number of amides is 1. The summed E-state index contributed by atoms with van der Waals surface area (Å²) < 4.78 is 65.8. The van der Waals surface area contributed by atoms with Crippen LogP contribution >= 0.6 is 0 Å². The minimum absolute atomic E-state index is 0.204. The fraction of sp³-hybridized carbons (Fsp3) is 0.0714. The molecule has 7 heteroatoms. The van der Waals surface area contributed by atoms with Crippen molar-refractivity contribution < 1.29 is 26.7 Å². The molecule has 0 aliphatic heterocycles. The Morgan fingerprint density at radius 3 is 2.19 bits per heavy atom. The van der Waals surface area contributed by atoms with Gasteiger partial charge in [-0.25, -0.2) is 22.0 Å². The lowest BCUT2D eigenvalue weighted by Gasteiger charge is -2.09. The number of benzene rings is 2. The van der Waals surface area contributed by atoms with Crippen LogP contribution in [0.5, 0.6) is 0 Å². The number of hydrogen-bond donors (Lipinski definition) is 1. The van der Waals surface area contributed by atoms with Crippen LogP contribution in [0.1, 0.15) is 15.9 Å². The summed E-state index contributed by atoms with van der Waals surface area (Å²) in [7, 11) is 0. The third kappa shape index (κ3) is 2.86. The van der Waals surface area contributed by atoms with Crippen LogP contribution in [0.3, 0.4) is 0 Å². The molecule has 2 aromatic carbocycles. The SMILES string of the molecule is Cc1ccc(NC(=O)c2cc(F)c(F)c(F)c2F)c(F)c1. The summed E-state index contributed by atoms with van der Waals surface area (Å²) in [5, 5.41) is 1.96. The number of hydrogen-bond acceptors (Lipinski definition) is 1. The van der Waals surface area contributed by atoms with Crippen molar-refractivity contribution in [2.75, 3.05) is 5.32 Å².